The van der Waals surface area contributed by atoms with Crippen molar-refractivity contribution in [2.75, 3.05) is 19.7 Å². The standard InChI is InChI=1S/C15H21N3O3/c16-14(17-21)12-4-1-5-13(9-12)15(20)18-7-2-3-11(10-18)6-8-19/h1,4-5,9,11,19,21H,2-3,6-8,10H2,(H2,16,17). The maximum absolute atomic E-state index is 12.5. The van der Waals surface area contributed by atoms with Gasteiger partial charge in [0.15, 0.2) is 5.84 Å². The number of benzene rings is 1. The molecule has 114 valence electrons. The number of amidine groups is 1. The van der Waals surface area contributed by atoms with E-state index in [1.807, 2.05) is 4.90 Å². The number of likely N-dealkylation sites (tertiary alicyclic amines) is 1. The number of rotatable bonds is 4. The fraction of sp³-hybridized carbons (Fsp3) is 0.467. The lowest BCUT2D eigenvalue weighted by Crippen LogP contribution is -2.40. The fourth-order valence-electron chi connectivity index (χ4n) is 2.72. The van der Waals surface area contributed by atoms with Crippen LogP contribution in [0.5, 0.6) is 0 Å². The Morgan fingerprint density at radius 1 is 1.43 bits per heavy atom. The number of amides is 1. The van der Waals surface area contributed by atoms with E-state index in [2.05, 4.69) is 5.16 Å². The number of carbonyl (C=O) groups excluding carboxylic acids is 1. The second kappa shape index (κ2) is 7.08. The van der Waals surface area contributed by atoms with Crippen LogP contribution in [-0.4, -0.2) is 46.7 Å². The molecule has 1 aliphatic heterocycles. The molecule has 0 spiro atoms. The van der Waals surface area contributed by atoms with Crippen LogP contribution in [0.1, 0.15) is 35.2 Å². The third-order valence-electron chi connectivity index (χ3n) is 3.86. The van der Waals surface area contributed by atoms with E-state index in [1.54, 1.807) is 24.3 Å². The molecule has 21 heavy (non-hydrogen) atoms. The zero-order chi connectivity index (χ0) is 15.2. The molecule has 0 aliphatic carbocycles. The molecule has 2 rings (SSSR count). The van der Waals surface area contributed by atoms with E-state index in [9.17, 15) is 4.79 Å². The van der Waals surface area contributed by atoms with Crippen LogP contribution >= 0.6 is 0 Å². The van der Waals surface area contributed by atoms with Crippen molar-refractivity contribution in [3.05, 3.63) is 35.4 Å². The summed E-state index contributed by atoms with van der Waals surface area (Å²) in [4.78, 5) is 14.3. The number of oxime groups is 1. The summed E-state index contributed by atoms with van der Waals surface area (Å²) in [5.74, 6) is 0.298. The largest absolute Gasteiger partial charge is 0.409 e. The summed E-state index contributed by atoms with van der Waals surface area (Å²) < 4.78 is 0. The average Bonchev–Trinajstić information content (AvgIpc) is 2.54. The van der Waals surface area contributed by atoms with Gasteiger partial charge in [0.25, 0.3) is 5.91 Å². The molecule has 4 N–H and O–H groups in total. The first-order chi connectivity index (χ1) is 10.2. The van der Waals surface area contributed by atoms with Crippen LogP contribution in [0, 0.1) is 5.92 Å². The molecule has 0 bridgehead atoms. The van der Waals surface area contributed by atoms with E-state index >= 15 is 0 Å². The lowest BCUT2D eigenvalue weighted by molar-refractivity contribution is 0.0653. The van der Waals surface area contributed by atoms with Crippen molar-refractivity contribution in [2.45, 2.75) is 19.3 Å². The molecule has 1 aromatic rings. The Morgan fingerprint density at radius 2 is 2.19 bits per heavy atom. The minimum atomic E-state index is -0.0507. The maximum Gasteiger partial charge on any atom is 0.253 e. The van der Waals surface area contributed by atoms with E-state index in [-0.39, 0.29) is 18.3 Å². The van der Waals surface area contributed by atoms with Gasteiger partial charge in [-0.25, -0.2) is 0 Å². The van der Waals surface area contributed by atoms with Crippen molar-refractivity contribution in [1.82, 2.24) is 4.90 Å². The van der Waals surface area contributed by atoms with Gasteiger partial charge in [-0.1, -0.05) is 17.3 Å². The van der Waals surface area contributed by atoms with E-state index < -0.39 is 0 Å². The van der Waals surface area contributed by atoms with Gasteiger partial charge in [-0.3, -0.25) is 4.79 Å². The maximum atomic E-state index is 12.5. The number of nitrogens with two attached hydrogens (primary N) is 1. The Bertz CT molecular complexity index is 529. The first-order valence-electron chi connectivity index (χ1n) is 7.13. The normalized spacial score (nSPS) is 19.6. The van der Waals surface area contributed by atoms with Crippen molar-refractivity contribution < 1.29 is 15.1 Å². The Morgan fingerprint density at radius 3 is 2.90 bits per heavy atom. The Hall–Kier alpha value is -2.08. The SMILES string of the molecule is N/C(=N/O)c1cccc(C(=O)N2CCCC(CCO)C2)c1. The molecule has 1 atom stereocenters. The quantitative estimate of drug-likeness (QED) is 0.334. The van der Waals surface area contributed by atoms with Crippen LogP contribution in [0.4, 0.5) is 0 Å². The summed E-state index contributed by atoms with van der Waals surface area (Å²) in [6, 6.07) is 6.77. The van der Waals surface area contributed by atoms with Crippen LogP contribution in [0.2, 0.25) is 0 Å². The Balaban J connectivity index is 2.12. The highest BCUT2D eigenvalue weighted by atomic mass is 16.4. The van der Waals surface area contributed by atoms with Gasteiger partial charge in [0, 0.05) is 30.8 Å². The number of nitrogens with zero attached hydrogens (tertiary/aromatic N) is 2. The predicted octanol–water partition coefficient (Wildman–Crippen LogP) is 1.02. The molecule has 1 heterocycles. The van der Waals surface area contributed by atoms with E-state index in [0.717, 1.165) is 25.8 Å². The van der Waals surface area contributed by atoms with Gasteiger partial charge in [0.1, 0.15) is 0 Å². The monoisotopic (exact) mass is 291 g/mol. The zero-order valence-electron chi connectivity index (χ0n) is 11.9. The van der Waals surface area contributed by atoms with Gasteiger partial charge in [0.2, 0.25) is 0 Å². The molecule has 1 aromatic carbocycles. The number of hydrogen-bond acceptors (Lipinski definition) is 4. The molecule has 1 amide bonds. The molecule has 6 nitrogen and oxygen atoms in total. The van der Waals surface area contributed by atoms with Crippen molar-refractivity contribution in [3.8, 4) is 0 Å². The molecule has 1 aliphatic rings. The molecule has 1 saturated heterocycles. The predicted molar refractivity (Wildman–Crippen MR) is 79.3 cm³/mol. The second-order valence-corrected chi connectivity index (χ2v) is 5.34. The second-order valence-electron chi connectivity index (χ2n) is 5.34. The number of piperidine rings is 1. The van der Waals surface area contributed by atoms with Gasteiger partial charge in [0.05, 0.1) is 0 Å². The van der Waals surface area contributed by atoms with Gasteiger partial charge in [-0.15, -0.1) is 0 Å². The molecule has 1 fully saturated rings. The van der Waals surface area contributed by atoms with Crippen LogP contribution in [0.25, 0.3) is 0 Å². The molecular formula is C15H21N3O3. The first kappa shape index (κ1) is 15.3. The minimum absolute atomic E-state index is 0.0125. The molecule has 1 unspecified atom stereocenters. The number of aliphatic hydroxyl groups excluding tert-OH is 1. The van der Waals surface area contributed by atoms with Gasteiger partial charge >= 0.3 is 0 Å². The highest BCUT2D eigenvalue weighted by Crippen LogP contribution is 2.21. The smallest absolute Gasteiger partial charge is 0.253 e. The summed E-state index contributed by atoms with van der Waals surface area (Å²) in [5, 5.41) is 20.7. The van der Waals surface area contributed by atoms with Crippen molar-refractivity contribution in [3.63, 3.8) is 0 Å². The number of aliphatic hydroxyl groups is 1. The topological polar surface area (TPSA) is 99.2 Å². The van der Waals surface area contributed by atoms with Crippen LogP contribution < -0.4 is 5.73 Å². The molecular weight excluding hydrogens is 270 g/mol. The summed E-state index contributed by atoms with van der Waals surface area (Å²) >= 11 is 0. The van der Waals surface area contributed by atoms with E-state index in [4.69, 9.17) is 16.0 Å². The zero-order valence-corrected chi connectivity index (χ0v) is 11.9. The summed E-state index contributed by atoms with van der Waals surface area (Å²) in [6.07, 6.45) is 2.73. The van der Waals surface area contributed by atoms with Crippen LogP contribution in [-0.2, 0) is 0 Å². The molecule has 0 aromatic heterocycles. The summed E-state index contributed by atoms with van der Waals surface area (Å²) in [5.41, 5.74) is 6.60. The first-order valence-corrected chi connectivity index (χ1v) is 7.13. The Labute approximate surface area is 123 Å². The molecule has 0 radical (unpaired) electrons. The highest BCUT2D eigenvalue weighted by Gasteiger charge is 2.24. The van der Waals surface area contributed by atoms with E-state index in [1.165, 1.54) is 0 Å². The third-order valence-corrected chi connectivity index (χ3v) is 3.86. The van der Waals surface area contributed by atoms with Gasteiger partial charge in [-0.2, -0.15) is 0 Å². The lowest BCUT2D eigenvalue weighted by atomic mass is 9.94. The van der Waals surface area contributed by atoms with Gasteiger partial charge in [-0.05, 0) is 37.3 Å². The summed E-state index contributed by atoms with van der Waals surface area (Å²) in [7, 11) is 0. The average molecular weight is 291 g/mol. The van der Waals surface area contributed by atoms with Crippen molar-refractivity contribution >= 4 is 11.7 Å². The van der Waals surface area contributed by atoms with E-state index in [0.29, 0.717) is 23.6 Å². The van der Waals surface area contributed by atoms with Crippen LogP contribution in [0.3, 0.4) is 0 Å². The van der Waals surface area contributed by atoms with Crippen molar-refractivity contribution in [2.24, 2.45) is 16.8 Å². The molecule has 0 saturated carbocycles. The Kier molecular flexibility index (Phi) is 5.16. The minimum Gasteiger partial charge on any atom is -0.409 e. The fourth-order valence-corrected chi connectivity index (χ4v) is 2.72. The number of hydrogen-bond donors (Lipinski definition) is 3. The number of carbonyl (C=O) groups is 1. The molecule has 6 heteroatoms. The van der Waals surface area contributed by atoms with Gasteiger partial charge < -0.3 is 20.9 Å². The third kappa shape index (κ3) is 3.72. The van der Waals surface area contributed by atoms with Crippen molar-refractivity contribution in [1.29, 1.82) is 0 Å². The summed E-state index contributed by atoms with van der Waals surface area (Å²) in [6.45, 7) is 1.56. The van der Waals surface area contributed by atoms with Crippen LogP contribution in [0.15, 0.2) is 29.4 Å². The lowest BCUT2D eigenvalue weighted by Gasteiger charge is -2.32. The highest BCUT2D eigenvalue weighted by molar-refractivity contribution is 6.01.